The van der Waals surface area contributed by atoms with Gasteiger partial charge in [-0.2, -0.15) is 0 Å². The van der Waals surface area contributed by atoms with Crippen molar-refractivity contribution in [3.63, 3.8) is 0 Å². The highest BCUT2D eigenvalue weighted by molar-refractivity contribution is 5.90. The molecule has 0 saturated heterocycles. The molecule has 0 atom stereocenters. The van der Waals surface area contributed by atoms with Gasteiger partial charge >= 0.3 is 6.01 Å². The van der Waals surface area contributed by atoms with Crippen molar-refractivity contribution in [1.29, 1.82) is 0 Å². The number of benzene rings is 2. The van der Waals surface area contributed by atoms with E-state index in [2.05, 4.69) is 22.4 Å². The number of nitrogens with zero attached hydrogens (tertiary/aromatic N) is 2. The lowest BCUT2D eigenvalue weighted by Crippen LogP contribution is -2.14. The fraction of sp³-hybridized carbons (Fsp3) is 0.211. The molecule has 3 rings (SSSR count). The van der Waals surface area contributed by atoms with Gasteiger partial charge in [-0.1, -0.05) is 36.3 Å². The van der Waals surface area contributed by atoms with Crippen LogP contribution in [0.4, 0.5) is 6.01 Å². The second-order valence-corrected chi connectivity index (χ2v) is 5.54. The van der Waals surface area contributed by atoms with Crippen molar-refractivity contribution >= 4 is 11.9 Å². The number of aryl methyl sites for hydroxylation is 1. The number of rotatable bonds is 6. The minimum atomic E-state index is -0.200. The molecule has 25 heavy (non-hydrogen) atoms. The van der Waals surface area contributed by atoms with Gasteiger partial charge in [0.25, 0.3) is 0 Å². The zero-order chi connectivity index (χ0) is 17.6. The third kappa shape index (κ3) is 4.23. The molecule has 1 N–H and O–H groups in total. The number of hydrogen-bond donors (Lipinski definition) is 1. The Bertz CT molecular complexity index is 839. The van der Waals surface area contributed by atoms with Crippen LogP contribution < -0.4 is 10.1 Å². The van der Waals surface area contributed by atoms with Crippen molar-refractivity contribution in [1.82, 2.24) is 10.2 Å². The summed E-state index contributed by atoms with van der Waals surface area (Å²) in [6.45, 7) is 2.09. The third-order valence-electron chi connectivity index (χ3n) is 3.80. The fourth-order valence-electron chi connectivity index (χ4n) is 2.37. The van der Waals surface area contributed by atoms with Gasteiger partial charge in [0.2, 0.25) is 11.8 Å². The smallest absolute Gasteiger partial charge is 0.322 e. The molecule has 0 aliphatic rings. The Morgan fingerprint density at radius 3 is 2.36 bits per heavy atom. The summed E-state index contributed by atoms with van der Waals surface area (Å²) in [6, 6.07) is 15.3. The highest BCUT2D eigenvalue weighted by Crippen LogP contribution is 2.22. The van der Waals surface area contributed by atoms with Crippen LogP contribution in [0.1, 0.15) is 18.1 Å². The molecule has 0 unspecified atom stereocenters. The third-order valence-corrected chi connectivity index (χ3v) is 3.80. The number of amides is 1. The lowest BCUT2D eigenvalue weighted by Gasteiger charge is -2.02. The molecule has 0 bridgehead atoms. The molecule has 0 aliphatic heterocycles. The van der Waals surface area contributed by atoms with Gasteiger partial charge in [0, 0.05) is 5.56 Å². The molecule has 0 saturated carbocycles. The Morgan fingerprint density at radius 1 is 1.04 bits per heavy atom. The van der Waals surface area contributed by atoms with E-state index in [4.69, 9.17) is 9.15 Å². The normalized spacial score (nSPS) is 10.5. The predicted molar refractivity (Wildman–Crippen MR) is 94.4 cm³/mol. The number of anilines is 1. The number of aromatic nitrogens is 2. The number of ether oxygens (including phenoxy) is 1. The van der Waals surface area contributed by atoms with E-state index in [0.29, 0.717) is 5.89 Å². The summed E-state index contributed by atoms with van der Waals surface area (Å²) in [5, 5.41) is 10.4. The zero-order valence-electron chi connectivity index (χ0n) is 14.2. The maximum Gasteiger partial charge on any atom is 0.322 e. The summed E-state index contributed by atoms with van der Waals surface area (Å²) < 4.78 is 10.6. The minimum Gasteiger partial charge on any atom is -0.497 e. The first-order valence-electron chi connectivity index (χ1n) is 8.03. The van der Waals surface area contributed by atoms with Crippen molar-refractivity contribution in [2.75, 3.05) is 12.4 Å². The second kappa shape index (κ2) is 7.61. The van der Waals surface area contributed by atoms with E-state index < -0.39 is 0 Å². The molecule has 128 valence electrons. The predicted octanol–water partition coefficient (Wildman–Crippen LogP) is 3.49. The van der Waals surface area contributed by atoms with E-state index in [9.17, 15) is 4.79 Å². The maximum atomic E-state index is 12.1. The summed E-state index contributed by atoms with van der Waals surface area (Å²) in [5.41, 5.74) is 2.93. The standard InChI is InChI=1S/C19H19N3O3/c1-3-13-4-6-14(7-5-13)12-17(23)20-19-22-21-18(25-19)15-8-10-16(24-2)11-9-15/h4-11H,3,12H2,1-2H3,(H,20,22,23). The molecule has 2 aromatic carbocycles. The first-order chi connectivity index (χ1) is 12.2. The average Bonchev–Trinajstić information content (AvgIpc) is 3.10. The van der Waals surface area contributed by atoms with Crippen LogP contribution in [-0.2, 0) is 17.6 Å². The largest absolute Gasteiger partial charge is 0.497 e. The van der Waals surface area contributed by atoms with Gasteiger partial charge in [0.05, 0.1) is 13.5 Å². The Balaban J connectivity index is 1.62. The van der Waals surface area contributed by atoms with Gasteiger partial charge in [-0.05, 0) is 41.8 Å². The van der Waals surface area contributed by atoms with E-state index >= 15 is 0 Å². The highest BCUT2D eigenvalue weighted by atomic mass is 16.5. The maximum absolute atomic E-state index is 12.1. The highest BCUT2D eigenvalue weighted by Gasteiger charge is 2.12. The van der Waals surface area contributed by atoms with Crippen LogP contribution in [0.2, 0.25) is 0 Å². The molecule has 1 aromatic heterocycles. The monoisotopic (exact) mass is 337 g/mol. The first-order valence-corrected chi connectivity index (χ1v) is 8.03. The van der Waals surface area contributed by atoms with Crippen molar-refractivity contribution in [3.05, 3.63) is 59.7 Å². The van der Waals surface area contributed by atoms with Crippen molar-refractivity contribution in [2.45, 2.75) is 19.8 Å². The van der Waals surface area contributed by atoms with E-state index in [0.717, 1.165) is 23.3 Å². The molecule has 6 nitrogen and oxygen atoms in total. The second-order valence-electron chi connectivity index (χ2n) is 5.54. The zero-order valence-corrected chi connectivity index (χ0v) is 14.2. The molecule has 0 radical (unpaired) electrons. The molecule has 1 heterocycles. The quantitative estimate of drug-likeness (QED) is 0.745. The Morgan fingerprint density at radius 2 is 1.72 bits per heavy atom. The molecule has 0 aliphatic carbocycles. The first kappa shape index (κ1) is 16.7. The van der Waals surface area contributed by atoms with Gasteiger partial charge in [0.1, 0.15) is 5.75 Å². The van der Waals surface area contributed by atoms with E-state index in [1.807, 2.05) is 36.4 Å². The van der Waals surface area contributed by atoms with Gasteiger partial charge < -0.3 is 9.15 Å². The van der Waals surface area contributed by atoms with E-state index in [1.165, 1.54) is 5.56 Å². The topological polar surface area (TPSA) is 77.2 Å². The van der Waals surface area contributed by atoms with Crippen LogP contribution in [0.5, 0.6) is 5.75 Å². The number of methoxy groups -OCH3 is 1. The number of carbonyl (C=O) groups is 1. The summed E-state index contributed by atoms with van der Waals surface area (Å²) in [6.07, 6.45) is 1.23. The number of carbonyl (C=O) groups excluding carboxylic acids is 1. The Kier molecular flexibility index (Phi) is 5.09. The van der Waals surface area contributed by atoms with Crippen LogP contribution in [0, 0.1) is 0 Å². The molecule has 6 heteroatoms. The fourth-order valence-corrected chi connectivity index (χ4v) is 2.37. The Hall–Kier alpha value is -3.15. The summed E-state index contributed by atoms with van der Waals surface area (Å²) in [7, 11) is 1.60. The molecular weight excluding hydrogens is 318 g/mol. The van der Waals surface area contributed by atoms with Gasteiger partial charge in [-0.15, -0.1) is 5.10 Å². The number of nitrogens with one attached hydrogen (secondary N) is 1. The van der Waals surface area contributed by atoms with Crippen LogP contribution in [0.25, 0.3) is 11.5 Å². The summed E-state index contributed by atoms with van der Waals surface area (Å²) >= 11 is 0. The van der Waals surface area contributed by atoms with Crippen LogP contribution >= 0.6 is 0 Å². The molecular formula is C19H19N3O3. The molecule has 0 fully saturated rings. The lowest BCUT2D eigenvalue weighted by atomic mass is 10.1. The van der Waals surface area contributed by atoms with E-state index in [1.54, 1.807) is 19.2 Å². The van der Waals surface area contributed by atoms with Gasteiger partial charge in [-0.25, -0.2) is 0 Å². The van der Waals surface area contributed by atoms with Gasteiger partial charge in [0.15, 0.2) is 0 Å². The van der Waals surface area contributed by atoms with Crippen molar-refractivity contribution in [3.8, 4) is 17.2 Å². The lowest BCUT2D eigenvalue weighted by molar-refractivity contribution is -0.115. The summed E-state index contributed by atoms with van der Waals surface area (Å²) in [4.78, 5) is 12.1. The van der Waals surface area contributed by atoms with Gasteiger partial charge in [-0.3, -0.25) is 10.1 Å². The number of hydrogen-bond acceptors (Lipinski definition) is 5. The Labute approximate surface area is 145 Å². The molecule has 3 aromatic rings. The average molecular weight is 337 g/mol. The van der Waals surface area contributed by atoms with Crippen molar-refractivity contribution in [2.24, 2.45) is 0 Å². The van der Waals surface area contributed by atoms with Crippen LogP contribution in [-0.4, -0.2) is 23.2 Å². The molecule has 1 amide bonds. The SMILES string of the molecule is CCc1ccc(CC(=O)Nc2nnc(-c3ccc(OC)cc3)o2)cc1. The summed E-state index contributed by atoms with van der Waals surface area (Å²) in [5.74, 6) is 0.880. The van der Waals surface area contributed by atoms with Crippen molar-refractivity contribution < 1.29 is 13.9 Å². The van der Waals surface area contributed by atoms with Crippen LogP contribution in [0.3, 0.4) is 0 Å². The minimum absolute atomic E-state index is 0.0843. The molecule has 0 spiro atoms. The van der Waals surface area contributed by atoms with E-state index in [-0.39, 0.29) is 18.3 Å². The van der Waals surface area contributed by atoms with Crippen LogP contribution in [0.15, 0.2) is 52.9 Å².